The zero-order valence-corrected chi connectivity index (χ0v) is 21.8. The first-order valence-corrected chi connectivity index (χ1v) is 13.1. The number of anilines is 1. The monoisotopic (exact) mass is 507 g/mol. The van der Waals surface area contributed by atoms with Crippen molar-refractivity contribution >= 4 is 22.6 Å². The summed E-state index contributed by atoms with van der Waals surface area (Å²) in [5.74, 6) is 1.39. The van der Waals surface area contributed by atoms with Crippen LogP contribution in [0.25, 0.3) is 22.2 Å². The number of pyridine rings is 1. The van der Waals surface area contributed by atoms with Crippen molar-refractivity contribution in [2.45, 2.75) is 52.6 Å². The van der Waals surface area contributed by atoms with E-state index >= 15 is 0 Å². The summed E-state index contributed by atoms with van der Waals surface area (Å²) in [6, 6.07) is 8.44. The van der Waals surface area contributed by atoms with Crippen molar-refractivity contribution in [2.24, 2.45) is 11.8 Å². The maximum absolute atomic E-state index is 12.8. The van der Waals surface area contributed by atoms with E-state index in [1.165, 1.54) is 12.8 Å². The highest BCUT2D eigenvalue weighted by molar-refractivity contribution is 6.00. The third kappa shape index (κ3) is 4.26. The molecule has 1 atom stereocenters. The summed E-state index contributed by atoms with van der Waals surface area (Å²) in [6.07, 6.45) is 9.81. The Labute approximate surface area is 221 Å². The molecule has 1 aliphatic heterocycles. The number of hydrogen-bond donors (Lipinski definition) is 0. The second kappa shape index (κ2) is 9.53. The Morgan fingerprint density at radius 2 is 2.03 bits per heavy atom. The third-order valence-corrected chi connectivity index (χ3v) is 7.35. The van der Waals surface area contributed by atoms with Gasteiger partial charge in [0.05, 0.1) is 47.6 Å². The van der Waals surface area contributed by atoms with Crippen LogP contribution in [0.3, 0.4) is 0 Å². The molecule has 0 radical (unpaired) electrons. The highest BCUT2D eigenvalue weighted by atomic mass is 16.5. The molecule has 1 aromatic carbocycles. The SMILES string of the molecule is CC(C)Cc1nc2c(cnn2C(C)C2CC2)c(-c2ccc3c(c2)OCC(=O)N3Cc2cnccn2)c1C#N. The molecule has 4 aromatic rings. The van der Waals surface area contributed by atoms with E-state index in [2.05, 4.69) is 36.8 Å². The minimum atomic E-state index is -0.144. The number of carbonyl (C=O) groups excluding carboxylic acids is 1. The number of nitrogens with zero attached hydrogens (tertiary/aromatic N) is 7. The molecule has 1 amide bonds. The van der Waals surface area contributed by atoms with Crippen LogP contribution in [0.5, 0.6) is 5.75 Å². The van der Waals surface area contributed by atoms with Crippen LogP contribution in [0.4, 0.5) is 5.69 Å². The zero-order valence-electron chi connectivity index (χ0n) is 21.8. The molecular formula is C29H29N7O2. The zero-order chi connectivity index (χ0) is 26.4. The standard InChI is InChI=1S/C29H29N7O2/c1-17(2)10-24-22(12-30)28(23-14-33-36(29(23)34-24)18(3)19-4-5-19)20-6-7-25-26(11-20)38-16-27(37)35(25)15-21-13-31-8-9-32-21/h6-9,11,13-14,17-19H,4-5,10,15-16H2,1-3H3. The maximum Gasteiger partial charge on any atom is 0.265 e. The topological polar surface area (TPSA) is 110 Å². The van der Waals surface area contributed by atoms with E-state index in [1.807, 2.05) is 29.1 Å². The van der Waals surface area contributed by atoms with Gasteiger partial charge in [-0.1, -0.05) is 19.9 Å². The normalized spacial score (nSPS) is 15.9. The summed E-state index contributed by atoms with van der Waals surface area (Å²) in [6.45, 7) is 6.69. The molecule has 9 nitrogen and oxygen atoms in total. The Morgan fingerprint density at radius 1 is 1.18 bits per heavy atom. The van der Waals surface area contributed by atoms with Gasteiger partial charge in [-0.05, 0) is 55.7 Å². The number of amides is 1. The van der Waals surface area contributed by atoms with Gasteiger partial charge in [-0.25, -0.2) is 9.67 Å². The predicted octanol–water partition coefficient (Wildman–Crippen LogP) is 4.86. The van der Waals surface area contributed by atoms with Gasteiger partial charge < -0.3 is 4.74 Å². The number of rotatable bonds is 7. The summed E-state index contributed by atoms with van der Waals surface area (Å²) in [5, 5.41) is 15.9. The van der Waals surface area contributed by atoms with Crippen molar-refractivity contribution in [2.75, 3.05) is 11.5 Å². The van der Waals surface area contributed by atoms with Crippen LogP contribution in [0.1, 0.15) is 56.6 Å². The molecule has 0 bridgehead atoms. The largest absolute Gasteiger partial charge is 0.482 e. The Bertz CT molecular complexity index is 1570. The van der Waals surface area contributed by atoms with Crippen LogP contribution in [-0.2, 0) is 17.8 Å². The van der Waals surface area contributed by atoms with Gasteiger partial charge in [0.2, 0.25) is 0 Å². The number of fused-ring (bicyclic) bond motifs is 2. The van der Waals surface area contributed by atoms with E-state index in [0.29, 0.717) is 47.5 Å². The lowest BCUT2D eigenvalue weighted by atomic mass is 9.93. The highest BCUT2D eigenvalue weighted by Crippen LogP contribution is 2.43. The van der Waals surface area contributed by atoms with Crippen molar-refractivity contribution < 1.29 is 9.53 Å². The Kier molecular flexibility index (Phi) is 6.03. The molecule has 38 heavy (non-hydrogen) atoms. The Balaban J connectivity index is 1.49. The summed E-state index contributed by atoms with van der Waals surface area (Å²) in [7, 11) is 0. The fourth-order valence-electron chi connectivity index (χ4n) is 5.24. The smallest absolute Gasteiger partial charge is 0.265 e. The number of benzene rings is 1. The molecule has 192 valence electrons. The molecule has 3 aromatic heterocycles. The van der Waals surface area contributed by atoms with E-state index < -0.39 is 0 Å². The second-order valence-electron chi connectivity index (χ2n) is 10.6. The number of ether oxygens (including phenoxy) is 1. The first-order valence-electron chi connectivity index (χ1n) is 13.1. The first-order chi connectivity index (χ1) is 18.4. The van der Waals surface area contributed by atoms with Gasteiger partial charge in [-0.15, -0.1) is 0 Å². The van der Waals surface area contributed by atoms with Crippen LogP contribution < -0.4 is 9.64 Å². The summed E-state index contributed by atoms with van der Waals surface area (Å²) >= 11 is 0. The highest BCUT2D eigenvalue weighted by Gasteiger charge is 2.32. The number of nitriles is 1. The Morgan fingerprint density at radius 3 is 2.74 bits per heavy atom. The molecule has 9 heteroatoms. The molecule has 0 N–H and O–H groups in total. The van der Waals surface area contributed by atoms with Crippen LogP contribution in [0.15, 0.2) is 43.0 Å². The van der Waals surface area contributed by atoms with Gasteiger partial charge in [-0.3, -0.25) is 19.7 Å². The quantitative estimate of drug-likeness (QED) is 0.351. The Hall–Kier alpha value is -4.32. The van der Waals surface area contributed by atoms with Gasteiger partial charge >= 0.3 is 0 Å². The lowest BCUT2D eigenvalue weighted by Gasteiger charge is -2.29. The average molecular weight is 508 g/mol. The van der Waals surface area contributed by atoms with Gasteiger partial charge in [0.25, 0.3) is 5.91 Å². The molecule has 1 unspecified atom stereocenters. The molecule has 1 fully saturated rings. The molecule has 4 heterocycles. The molecule has 6 rings (SSSR count). The summed E-state index contributed by atoms with van der Waals surface area (Å²) in [5.41, 5.74) is 5.17. The number of carbonyl (C=O) groups is 1. The molecule has 1 aliphatic carbocycles. The van der Waals surface area contributed by atoms with Crippen LogP contribution in [0.2, 0.25) is 0 Å². The van der Waals surface area contributed by atoms with E-state index in [-0.39, 0.29) is 18.6 Å². The van der Waals surface area contributed by atoms with Crippen molar-refractivity contribution in [1.29, 1.82) is 5.26 Å². The predicted molar refractivity (Wildman–Crippen MR) is 142 cm³/mol. The third-order valence-electron chi connectivity index (χ3n) is 7.35. The van der Waals surface area contributed by atoms with Crippen LogP contribution in [0, 0.1) is 23.2 Å². The lowest BCUT2D eigenvalue weighted by molar-refractivity contribution is -0.121. The molecule has 2 aliphatic rings. The minimum absolute atomic E-state index is 0.0665. The minimum Gasteiger partial charge on any atom is -0.482 e. The maximum atomic E-state index is 12.8. The van der Waals surface area contributed by atoms with E-state index in [9.17, 15) is 10.1 Å². The fourth-order valence-corrected chi connectivity index (χ4v) is 5.24. The van der Waals surface area contributed by atoms with E-state index in [4.69, 9.17) is 14.8 Å². The van der Waals surface area contributed by atoms with Gasteiger partial charge in [-0.2, -0.15) is 10.4 Å². The van der Waals surface area contributed by atoms with Crippen molar-refractivity contribution in [1.82, 2.24) is 24.7 Å². The molecule has 1 saturated carbocycles. The summed E-state index contributed by atoms with van der Waals surface area (Å²) in [4.78, 5) is 27.9. The van der Waals surface area contributed by atoms with Crippen LogP contribution >= 0.6 is 0 Å². The van der Waals surface area contributed by atoms with Gasteiger partial charge in [0, 0.05) is 23.3 Å². The first kappa shape index (κ1) is 24.0. The number of aromatic nitrogens is 5. The molecular weight excluding hydrogens is 478 g/mol. The van der Waals surface area contributed by atoms with E-state index in [1.54, 1.807) is 23.5 Å². The average Bonchev–Trinajstić information content (AvgIpc) is 3.69. The second-order valence-corrected chi connectivity index (χ2v) is 10.6. The lowest BCUT2D eigenvalue weighted by Crippen LogP contribution is -2.38. The van der Waals surface area contributed by atoms with Crippen molar-refractivity contribution in [3.05, 3.63) is 59.9 Å². The van der Waals surface area contributed by atoms with Crippen LogP contribution in [-0.4, -0.2) is 37.2 Å². The van der Waals surface area contributed by atoms with Gasteiger partial charge in [0.15, 0.2) is 12.3 Å². The molecule has 0 spiro atoms. The van der Waals surface area contributed by atoms with Crippen molar-refractivity contribution in [3.63, 3.8) is 0 Å². The van der Waals surface area contributed by atoms with Gasteiger partial charge in [0.1, 0.15) is 11.8 Å². The number of hydrogen-bond acceptors (Lipinski definition) is 7. The molecule has 0 saturated heterocycles. The van der Waals surface area contributed by atoms with E-state index in [0.717, 1.165) is 27.9 Å². The van der Waals surface area contributed by atoms with Crippen molar-refractivity contribution in [3.8, 4) is 22.9 Å². The fraction of sp³-hybridized carbons (Fsp3) is 0.379. The summed E-state index contributed by atoms with van der Waals surface area (Å²) < 4.78 is 7.91.